The molecule has 8 nitrogen and oxygen atoms in total. The standard InChI is InChI=1S/C19H23FN6O2/c1-22-7-9-25(10-8-22)18-21-16-15(17(27)24(3)19(28)23(16)2)26(18)12-13-5-4-6-14(20)11-13/h4-6,11H,7-10,12H2,1-3H3. The van der Waals surface area contributed by atoms with E-state index in [9.17, 15) is 14.0 Å². The highest BCUT2D eigenvalue weighted by atomic mass is 19.1. The van der Waals surface area contributed by atoms with Crippen LogP contribution < -0.4 is 16.1 Å². The van der Waals surface area contributed by atoms with Crippen molar-refractivity contribution < 1.29 is 4.39 Å². The normalized spacial score (nSPS) is 15.5. The summed E-state index contributed by atoms with van der Waals surface area (Å²) >= 11 is 0. The molecular weight excluding hydrogens is 363 g/mol. The van der Waals surface area contributed by atoms with Crippen LogP contribution in [-0.4, -0.2) is 56.8 Å². The van der Waals surface area contributed by atoms with Crippen molar-refractivity contribution in [2.75, 3.05) is 38.1 Å². The molecule has 1 aliphatic rings. The van der Waals surface area contributed by atoms with Gasteiger partial charge in [-0.3, -0.25) is 18.5 Å². The maximum atomic E-state index is 13.7. The van der Waals surface area contributed by atoms with Gasteiger partial charge in [0.05, 0.1) is 6.54 Å². The number of hydrogen-bond acceptors (Lipinski definition) is 5. The lowest BCUT2D eigenvalue weighted by molar-refractivity contribution is 0.310. The van der Waals surface area contributed by atoms with E-state index in [4.69, 9.17) is 0 Å². The zero-order valence-electron chi connectivity index (χ0n) is 16.2. The van der Waals surface area contributed by atoms with E-state index < -0.39 is 11.2 Å². The second-order valence-corrected chi connectivity index (χ2v) is 7.30. The number of likely N-dealkylation sites (N-methyl/N-ethyl adjacent to an activating group) is 1. The zero-order chi connectivity index (χ0) is 20.0. The highest BCUT2D eigenvalue weighted by molar-refractivity contribution is 5.74. The fourth-order valence-electron chi connectivity index (χ4n) is 3.65. The number of aryl methyl sites for hydroxylation is 1. The highest BCUT2D eigenvalue weighted by Crippen LogP contribution is 2.22. The molecule has 1 saturated heterocycles. The second-order valence-electron chi connectivity index (χ2n) is 7.30. The van der Waals surface area contributed by atoms with E-state index in [1.54, 1.807) is 17.7 Å². The zero-order valence-corrected chi connectivity index (χ0v) is 16.2. The minimum atomic E-state index is -0.419. The number of hydrogen-bond donors (Lipinski definition) is 0. The molecule has 28 heavy (non-hydrogen) atoms. The average Bonchev–Trinajstić information content (AvgIpc) is 3.04. The molecule has 0 saturated carbocycles. The Bertz CT molecular complexity index is 1150. The largest absolute Gasteiger partial charge is 0.340 e. The fourth-order valence-corrected chi connectivity index (χ4v) is 3.65. The van der Waals surface area contributed by atoms with Crippen LogP contribution in [0.3, 0.4) is 0 Å². The van der Waals surface area contributed by atoms with E-state index >= 15 is 0 Å². The Hall–Kier alpha value is -2.94. The highest BCUT2D eigenvalue weighted by Gasteiger charge is 2.24. The Kier molecular flexibility index (Phi) is 4.54. The molecule has 148 valence electrons. The van der Waals surface area contributed by atoms with E-state index in [1.165, 1.54) is 23.7 Å². The van der Waals surface area contributed by atoms with Crippen molar-refractivity contribution in [3.8, 4) is 0 Å². The van der Waals surface area contributed by atoms with Gasteiger partial charge in [0, 0.05) is 40.3 Å². The molecule has 0 aliphatic carbocycles. The van der Waals surface area contributed by atoms with Crippen molar-refractivity contribution >= 4 is 17.1 Å². The number of nitrogens with zero attached hydrogens (tertiary/aromatic N) is 6. The molecule has 0 radical (unpaired) electrons. The maximum Gasteiger partial charge on any atom is 0.332 e. The molecule has 1 fully saturated rings. The van der Waals surface area contributed by atoms with Gasteiger partial charge in [0.1, 0.15) is 5.82 Å². The van der Waals surface area contributed by atoms with Crippen molar-refractivity contribution in [1.82, 2.24) is 23.6 Å². The Labute approximate surface area is 161 Å². The van der Waals surface area contributed by atoms with E-state index in [0.717, 1.165) is 36.3 Å². The molecular formula is C19H23FN6O2. The summed E-state index contributed by atoms with van der Waals surface area (Å²) in [5.74, 6) is 0.300. The minimum Gasteiger partial charge on any atom is -0.340 e. The van der Waals surface area contributed by atoms with Crippen LogP contribution in [-0.2, 0) is 20.6 Å². The molecule has 4 rings (SSSR count). The molecule has 3 heterocycles. The van der Waals surface area contributed by atoms with Gasteiger partial charge >= 0.3 is 5.69 Å². The number of fused-ring (bicyclic) bond motifs is 1. The first kappa shape index (κ1) is 18.4. The molecule has 0 bridgehead atoms. The number of halogens is 1. The predicted octanol–water partition coefficient (Wildman–Crippen LogP) is 0.373. The van der Waals surface area contributed by atoms with Gasteiger partial charge in [-0.2, -0.15) is 4.98 Å². The van der Waals surface area contributed by atoms with Crippen molar-refractivity contribution in [2.24, 2.45) is 14.1 Å². The van der Waals surface area contributed by atoms with Crippen LogP contribution in [0.1, 0.15) is 5.56 Å². The van der Waals surface area contributed by atoms with Crippen LogP contribution in [0.5, 0.6) is 0 Å². The maximum absolute atomic E-state index is 13.7. The van der Waals surface area contributed by atoms with Gasteiger partial charge in [-0.05, 0) is 24.7 Å². The van der Waals surface area contributed by atoms with E-state index in [0.29, 0.717) is 23.7 Å². The monoisotopic (exact) mass is 386 g/mol. The lowest BCUT2D eigenvalue weighted by Gasteiger charge is -2.33. The SMILES string of the molecule is CN1CCN(c2nc3c(c(=O)n(C)c(=O)n3C)n2Cc2cccc(F)c2)CC1. The van der Waals surface area contributed by atoms with Crippen LogP contribution in [0.4, 0.5) is 10.3 Å². The third-order valence-electron chi connectivity index (χ3n) is 5.34. The predicted molar refractivity (Wildman–Crippen MR) is 105 cm³/mol. The molecule has 2 aromatic heterocycles. The summed E-state index contributed by atoms with van der Waals surface area (Å²) in [6, 6.07) is 6.30. The van der Waals surface area contributed by atoms with Gasteiger partial charge < -0.3 is 9.80 Å². The summed E-state index contributed by atoms with van der Waals surface area (Å²) in [7, 11) is 5.13. The van der Waals surface area contributed by atoms with Crippen molar-refractivity contribution in [3.63, 3.8) is 0 Å². The van der Waals surface area contributed by atoms with Gasteiger partial charge in [0.15, 0.2) is 11.2 Å². The molecule has 0 unspecified atom stereocenters. The average molecular weight is 386 g/mol. The summed E-state index contributed by atoms with van der Waals surface area (Å²) in [6.07, 6.45) is 0. The van der Waals surface area contributed by atoms with Crippen LogP contribution in [0.15, 0.2) is 33.9 Å². The topological polar surface area (TPSA) is 68.3 Å². The van der Waals surface area contributed by atoms with Crippen LogP contribution >= 0.6 is 0 Å². The summed E-state index contributed by atoms with van der Waals surface area (Å²) < 4.78 is 18.0. The smallest absolute Gasteiger partial charge is 0.332 e. The number of rotatable bonds is 3. The fraction of sp³-hybridized carbons (Fsp3) is 0.421. The van der Waals surface area contributed by atoms with Crippen LogP contribution in [0, 0.1) is 5.82 Å². The van der Waals surface area contributed by atoms with Crippen LogP contribution in [0.25, 0.3) is 11.2 Å². The number of imidazole rings is 1. The van der Waals surface area contributed by atoms with Gasteiger partial charge in [-0.25, -0.2) is 9.18 Å². The third kappa shape index (κ3) is 3.01. The van der Waals surface area contributed by atoms with Crippen molar-refractivity contribution in [1.29, 1.82) is 0 Å². The van der Waals surface area contributed by atoms with Gasteiger partial charge in [0.25, 0.3) is 5.56 Å². The van der Waals surface area contributed by atoms with Gasteiger partial charge in [-0.15, -0.1) is 0 Å². The molecule has 0 atom stereocenters. The van der Waals surface area contributed by atoms with Crippen molar-refractivity contribution in [2.45, 2.75) is 6.54 Å². The summed E-state index contributed by atoms with van der Waals surface area (Å²) in [5, 5.41) is 0. The van der Waals surface area contributed by atoms with E-state index in [2.05, 4.69) is 21.8 Å². The molecule has 0 spiro atoms. The Morgan fingerprint density at radius 3 is 2.43 bits per heavy atom. The third-order valence-corrected chi connectivity index (χ3v) is 5.34. The number of aromatic nitrogens is 4. The van der Waals surface area contributed by atoms with Gasteiger partial charge in [-0.1, -0.05) is 12.1 Å². The lowest BCUT2D eigenvalue weighted by atomic mass is 10.2. The number of anilines is 1. The van der Waals surface area contributed by atoms with E-state index in [-0.39, 0.29) is 5.82 Å². The molecule has 0 N–H and O–H groups in total. The quantitative estimate of drug-likeness (QED) is 0.651. The van der Waals surface area contributed by atoms with E-state index in [1.807, 2.05) is 6.07 Å². The minimum absolute atomic E-state index is 0.295. The Morgan fingerprint density at radius 1 is 1.04 bits per heavy atom. The van der Waals surface area contributed by atoms with Gasteiger partial charge in [0.2, 0.25) is 5.95 Å². The molecule has 3 aromatic rings. The first-order chi connectivity index (χ1) is 13.4. The number of piperazine rings is 1. The summed E-state index contributed by atoms with van der Waals surface area (Å²) in [6.45, 7) is 3.57. The Balaban J connectivity index is 1.94. The molecule has 1 aromatic carbocycles. The Morgan fingerprint density at radius 2 is 1.75 bits per heavy atom. The first-order valence-electron chi connectivity index (χ1n) is 9.21. The molecule has 0 amide bonds. The summed E-state index contributed by atoms with van der Waals surface area (Å²) in [4.78, 5) is 34.3. The lowest BCUT2D eigenvalue weighted by Crippen LogP contribution is -2.45. The first-order valence-corrected chi connectivity index (χ1v) is 9.21. The summed E-state index contributed by atoms with van der Waals surface area (Å²) in [5.41, 5.74) is 0.604. The van der Waals surface area contributed by atoms with Crippen LogP contribution in [0.2, 0.25) is 0 Å². The second kappa shape index (κ2) is 6.90. The molecule has 9 heteroatoms. The number of benzene rings is 1. The van der Waals surface area contributed by atoms with Crippen molar-refractivity contribution in [3.05, 3.63) is 56.5 Å². The molecule has 1 aliphatic heterocycles.